The van der Waals surface area contributed by atoms with E-state index in [2.05, 4.69) is 98.8 Å². The molecule has 0 saturated heterocycles. The van der Waals surface area contributed by atoms with Gasteiger partial charge in [0, 0.05) is 0 Å². The van der Waals surface area contributed by atoms with Crippen molar-refractivity contribution < 1.29 is 21.4 Å². The van der Waals surface area contributed by atoms with Gasteiger partial charge in [-0.15, -0.1) is 0 Å². The normalized spacial score (nSPS) is 15.3. The van der Waals surface area contributed by atoms with Crippen LogP contribution in [0.4, 0.5) is 0 Å². The fraction of sp³-hybridized carbons (Fsp3) is 0.130. The summed E-state index contributed by atoms with van der Waals surface area (Å²) < 4.78 is 3.80. The van der Waals surface area contributed by atoms with Gasteiger partial charge in [0.2, 0.25) is 0 Å². The Morgan fingerprint density at radius 1 is 0.667 bits per heavy atom. The zero-order valence-corrected chi connectivity index (χ0v) is 17.8. The predicted octanol–water partition coefficient (Wildman–Crippen LogP) is 4.64. The molecule has 0 spiro atoms. The van der Waals surface area contributed by atoms with Crippen molar-refractivity contribution >= 4 is 12.7 Å². The Kier molecular flexibility index (Phi) is 4.37. The summed E-state index contributed by atoms with van der Waals surface area (Å²) in [4.78, 5) is 0. The van der Waals surface area contributed by atoms with Gasteiger partial charge in [-0.2, -0.15) is 0 Å². The molecule has 0 N–H and O–H groups in total. The number of allylic oxidation sites excluding steroid dienone is 1. The number of fused-ring (bicyclic) bond motifs is 1. The fourth-order valence-corrected chi connectivity index (χ4v) is 14.1. The van der Waals surface area contributed by atoms with E-state index in [0.29, 0.717) is 3.67 Å². The summed E-state index contributed by atoms with van der Waals surface area (Å²) in [6.45, 7) is 4.34. The molecule has 3 aromatic carbocycles. The van der Waals surface area contributed by atoms with Crippen molar-refractivity contribution in [3.63, 3.8) is 0 Å². The van der Waals surface area contributed by atoms with Crippen LogP contribution in [0, 0.1) is 13.8 Å². The molecule has 0 saturated carbocycles. The Hall–Kier alpha value is -1.73. The van der Waals surface area contributed by atoms with Crippen molar-refractivity contribution in [2.24, 2.45) is 0 Å². The topological polar surface area (TPSA) is 0 Å². The summed E-state index contributed by atoms with van der Waals surface area (Å²) >= 11 is -2.29. The van der Waals surface area contributed by atoms with Crippen LogP contribution in [0.2, 0.25) is 0 Å². The average molecular weight is 476 g/mol. The van der Waals surface area contributed by atoms with E-state index >= 15 is 0 Å². The van der Waals surface area contributed by atoms with Crippen LogP contribution < -0.4 is 6.64 Å². The molecule has 1 heteroatoms. The van der Waals surface area contributed by atoms with Gasteiger partial charge in [0.05, 0.1) is 0 Å². The van der Waals surface area contributed by atoms with Gasteiger partial charge in [-0.1, -0.05) is 0 Å². The first-order chi connectivity index (χ1) is 11.7. The third kappa shape index (κ3) is 2.98. The van der Waals surface area contributed by atoms with Crippen LogP contribution in [0.5, 0.6) is 0 Å². The van der Waals surface area contributed by atoms with Gasteiger partial charge in [-0.05, 0) is 0 Å². The maximum absolute atomic E-state index is 2.46. The Balaban J connectivity index is 1.84. The van der Waals surface area contributed by atoms with Crippen LogP contribution in [0.15, 0.2) is 78.9 Å². The van der Waals surface area contributed by atoms with Crippen molar-refractivity contribution in [1.82, 2.24) is 0 Å². The first-order valence-electron chi connectivity index (χ1n) is 8.50. The van der Waals surface area contributed by atoms with E-state index in [4.69, 9.17) is 0 Å². The molecular weight excluding hydrogens is 455 g/mol. The zero-order valence-electron chi connectivity index (χ0n) is 14.2. The number of hydrogen-bond donors (Lipinski definition) is 0. The van der Waals surface area contributed by atoms with Gasteiger partial charge >= 0.3 is 153 Å². The van der Waals surface area contributed by atoms with Gasteiger partial charge in [0.15, 0.2) is 0 Å². The Morgan fingerprint density at radius 2 is 1.21 bits per heavy atom. The second kappa shape index (κ2) is 6.64. The summed E-state index contributed by atoms with van der Waals surface area (Å²) in [5.74, 6) is 0. The molecule has 4 rings (SSSR count). The molecule has 1 unspecified atom stereocenters. The predicted molar refractivity (Wildman–Crippen MR) is 99.8 cm³/mol. The summed E-state index contributed by atoms with van der Waals surface area (Å²) in [7, 11) is 0. The average Bonchev–Trinajstić information content (AvgIpc) is 3.03. The third-order valence-corrected chi connectivity index (χ3v) is 15.7. The van der Waals surface area contributed by atoms with E-state index in [-0.39, 0.29) is 0 Å². The second-order valence-corrected chi connectivity index (χ2v) is 16.0. The van der Waals surface area contributed by atoms with Crippen LogP contribution in [0.3, 0.4) is 0 Å². The molecule has 117 valence electrons. The second-order valence-electron chi connectivity index (χ2n) is 6.61. The molecule has 24 heavy (non-hydrogen) atoms. The number of aryl methyl sites for hydroxylation is 2. The molecule has 0 radical (unpaired) electrons. The standard InChI is InChI=1S/C9H7.2C7H7.Hf/c1-2-5-9-7-3-6-8(9)4-1;2*1-7-5-3-2-4-6-7;/h1-7H;2*3-6H,1H3;. The third-order valence-electron chi connectivity index (χ3n) is 4.84. The minimum absolute atomic E-state index is 0.608. The molecule has 0 nitrogen and oxygen atoms in total. The summed E-state index contributed by atoms with van der Waals surface area (Å²) in [5.41, 5.74) is 5.62. The van der Waals surface area contributed by atoms with Crippen LogP contribution in [-0.2, 0) is 21.4 Å². The van der Waals surface area contributed by atoms with Crippen LogP contribution in [-0.4, -0.2) is 0 Å². The van der Waals surface area contributed by atoms with Gasteiger partial charge < -0.3 is 0 Å². The molecule has 1 aliphatic carbocycles. The van der Waals surface area contributed by atoms with Crippen molar-refractivity contribution in [3.8, 4) is 0 Å². The molecule has 0 aromatic heterocycles. The maximum atomic E-state index is 2.46. The molecule has 1 atom stereocenters. The molecule has 0 amide bonds. The van der Waals surface area contributed by atoms with E-state index in [1.165, 1.54) is 22.3 Å². The SMILES string of the molecule is Cc1cc[c]([Hf]([c]2ccc(C)cc2)[CH]2C=Cc3ccccc32)cc1. The molecule has 0 fully saturated rings. The molecule has 0 heterocycles. The van der Waals surface area contributed by atoms with Crippen molar-refractivity contribution in [1.29, 1.82) is 0 Å². The summed E-state index contributed by atoms with van der Waals surface area (Å²) in [6.07, 6.45) is 4.79. The van der Waals surface area contributed by atoms with E-state index in [9.17, 15) is 0 Å². The van der Waals surface area contributed by atoms with Gasteiger partial charge in [-0.3, -0.25) is 0 Å². The number of rotatable bonds is 3. The van der Waals surface area contributed by atoms with E-state index in [1.54, 1.807) is 6.64 Å². The molecule has 0 bridgehead atoms. The van der Waals surface area contributed by atoms with Crippen LogP contribution >= 0.6 is 0 Å². The van der Waals surface area contributed by atoms with Gasteiger partial charge in [0.25, 0.3) is 0 Å². The molecule has 1 aliphatic rings. The Morgan fingerprint density at radius 3 is 1.79 bits per heavy atom. The zero-order chi connectivity index (χ0) is 16.5. The number of benzene rings is 3. The Labute approximate surface area is 152 Å². The van der Waals surface area contributed by atoms with E-state index < -0.39 is 21.4 Å². The molecule has 3 aromatic rings. The first kappa shape index (κ1) is 15.8. The van der Waals surface area contributed by atoms with Crippen LogP contribution in [0.1, 0.15) is 25.9 Å². The molecular formula is C23H21Hf. The summed E-state index contributed by atoms with van der Waals surface area (Å²) in [5, 5.41) is 0. The summed E-state index contributed by atoms with van der Waals surface area (Å²) in [6, 6.07) is 27.5. The minimum atomic E-state index is -2.29. The first-order valence-corrected chi connectivity index (χ1v) is 14.2. The van der Waals surface area contributed by atoms with E-state index in [1.807, 2.05) is 0 Å². The van der Waals surface area contributed by atoms with Gasteiger partial charge in [0.1, 0.15) is 0 Å². The van der Waals surface area contributed by atoms with Gasteiger partial charge in [-0.25, -0.2) is 0 Å². The number of hydrogen-bond acceptors (Lipinski definition) is 0. The fourth-order valence-electron chi connectivity index (χ4n) is 3.49. The quantitative estimate of drug-likeness (QED) is 0.484. The molecule has 0 aliphatic heterocycles. The van der Waals surface area contributed by atoms with Crippen molar-refractivity contribution in [2.45, 2.75) is 17.5 Å². The van der Waals surface area contributed by atoms with Crippen molar-refractivity contribution in [3.05, 3.63) is 101 Å². The monoisotopic (exact) mass is 477 g/mol. The van der Waals surface area contributed by atoms with Crippen molar-refractivity contribution in [2.75, 3.05) is 0 Å². The van der Waals surface area contributed by atoms with E-state index in [0.717, 1.165) is 0 Å². The van der Waals surface area contributed by atoms with Crippen LogP contribution in [0.25, 0.3) is 6.08 Å². The Bertz CT molecular complexity index is 827.